The van der Waals surface area contributed by atoms with Gasteiger partial charge in [-0.2, -0.15) is 0 Å². The summed E-state index contributed by atoms with van der Waals surface area (Å²) in [6.07, 6.45) is 2.07. The van der Waals surface area contributed by atoms with Crippen molar-refractivity contribution in [3.05, 3.63) is 75.8 Å². The molecule has 5 heteroatoms. The minimum atomic E-state index is -0.0573. The fraction of sp³-hybridized carbons (Fsp3) is 0.0625. The number of benzene rings is 2. The molecule has 21 heavy (non-hydrogen) atoms. The van der Waals surface area contributed by atoms with Crippen LogP contribution in [-0.4, -0.2) is 5.11 Å². The van der Waals surface area contributed by atoms with E-state index in [0.29, 0.717) is 15.2 Å². The van der Waals surface area contributed by atoms with E-state index in [1.54, 1.807) is 0 Å². The standard InChI is InChI=1S/C16H12Cl2N2S/c17-11-7-5-10(6-8-11)14-9-15(20-16(21)19-14)12-3-1-2-4-13(12)18/h1-9,15H,(H2,19,20,21). The average Bonchev–Trinajstić information content (AvgIpc) is 2.48. The zero-order chi connectivity index (χ0) is 14.8. The van der Waals surface area contributed by atoms with Crippen molar-refractivity contribution in [1.29, 1.82) is 0 Å². The molecule has 106 valence electrons. The highest BCUT2D eigenvalue weighted by Crippen LogP contribution is 2.28. The third-order valence-corrected chi connectivity index (χ3v) is 4.08. The van der Waals surface area contributed by atoms with E-state index in [2.05, 4.69) is 16.7 Å². The molecule has 2 nitrogen and oxygen atoms in total. The van der Waals surface area contributed by atoms with Crippen molar-refractivity contribution in [3.63, 3.8) is 0 Å². The molecule has 0 fully saturated rings. The van der Waals surface area contributed by atoms with Crippen molar-refractivity contribution in [2.24, 2.45) is 0 Å². The fourth-order valence-corrected chi connectivity index (χ4v) is 2.86. The summed E-state index contributed by atoms with van der Waals surface area (Å²) < 4.78 is 0. The van der Waals surface area contributed by atoms with Crippen molar-refractivity contribution in [2.45, 2.75) is 6.04 Å². The predicted molar refractivity (Wildman–Crippen MR) is 92.5 cm³/mol. The first-order chi connectivity index (χ1) is 10.1. The van der Waals surface area contributed by atoms with Crippen LogP contribution in [0.25, 0.3) is 5.70 Å². The molecule has 2 N–H and O–H groups in total. The van der Waals surface area contributed by atoms with Crippen LogP contribution < -0.4 is 10.6 Å². The summed E-state index contributed by atoms with van der Waals surface area (Å²) in [7, 11) is 0. The zero-order valence-corrected chi connectivity index (χ0v) is 13.3. The van der Waals surface area contributed by atoms with Gasteiger partial charge in [0.25, 0.3) is 0 Å². The molecule has 0 saturated carbocycles. The molecule has 1 atom stereocenters. The molecule has 1 heterocycles. The van der Waals surface area contributed by atoms with Gasteiger partial charge in [-0.15, -0.1) is 0 Å². The van der Waals surface area contributed by atoms with E-state index in [9.17, 15) is 0 Å². The smallest absolute Gasteiger partial charge is 0.171 e. The summed E-state index contributed by atoms with van der Waals surface area (Å²) in [6, 6.07) is 15.3. The Hall–Kier alpha value is -1.55. The minimum absolute atomic E-state index is 0.0573. The molecule has 3 rings (SSSR count). The minimum Gasteiger partial charge on any atom is -0.352 e. The van der Waals surface area contributed by atoms with Gasteiger partial charge < -0.3 is 10.6 Å². The maximum absolute atomic E-state index is 6.27. The molecular weight excluding hydrogens is 323 g/mol. The molecule has 0 saturated heterocycles. The van der Waals surface area contributed by atoms with Crippen molar-refractivity contribution in [2.75, 3.05) is 0 Å². The summed E-state index contributed by atoms with van der Waals surface area (Å²) in [5, 5.41) is 8.38. The van der Waals surface area contributed by atoms with Crippen LogP contribution in [0.5, 0.6) is 0 Å². The Morgan fingerprint density at radius 3 is 2.38 bits per heavy atom. The van der Waals surface area contributed by atoms with Gasteiger partial charge in [0.2, 0.25) is 0 Å². The SMILES string of the molecule is S=C1NC(c2ccc(Cl)cc2)=CC(c2ccccc2Cl)N1. The lowest BCUT2D eigenvalue weighted by Gasteiger charge is -2.26. The van der Waals surface area contributed by atoms with E-state index < -0.39 is 0 Å². The lowest BCUT2D eigenvalue weighted by molar-refractivity contribution is 0.766. The topological polar surface area (TPSA) is 24.1 Å². The average molecular weight is 335 g/mol. The van der Waals surface area contributed by atoms with Gasteiger partial charge >= 0.3 is 0 Å². The van der Waals surface area contributed by atoms with Gasteiger partial charge in [-0.3, -0.25) is 0 Å². The molecule has 1 aliphatic rings. The lowest BCUT2D eigenvalue weighted by atomic mass is 10.0. The van der Waals surface area contributed by atoms with Crippen LogP contribution >= 0.6 is 35.4 Å². The number of halogens is 2. The molecule has 0 aromatic heterocycles. The van der Waals surface area contributed by atoms with Gasteiger partial charge in [-0.1, -0.05) is 53.5 Å². The van der Waals surface area contributed by atoms with Crippen molar-refractivity contribution >= 4 is 46.2 Å². The van der Waals surface area contributed by atoms with Crippen molar-refractivity contribution < 1.29 is 0 Å². The summed E-state index contributed by atoms with van der Waals surface area (Å²) in [5.74, 6) is 0. The Bertz CT molecular complexity index is 710. The van der Waals surface area contributed by atoms with E-state index >= 15 is 0 Å². The van der Waals surface area contributed by atoms with Gasteiger partial charge in [0.05, 0.1) is 6.04 Å². The normalized spacial score (nSPS) is 17.7. The van der Waals surface area contributed by atoms with E-state index in [0.717, 1.165) is 16.8 Å². The van der Waals surface area contributed by atoms with Crippen LogP contribution in [0.15, 0.2) is 54.6 Å². The molecule has 0 spiro atoms. The molecule has 2 aromatic rings. The van der Waals surface area contributed by atoms with Crippen LogP contribution in [0.2, 0.25) is 10.0 Å². The number of hydrogen-bond donors (Lipinski definition) is 2. The van der Waals surface area contributed by atoms with Gasteiger partial charge in [0.1, 0.15) is 0 Å². The highest BCUT2D eigenvalue weighted by atomic mass is 35.5. The molecule has 1 unspecified atom stereocenters. The summed E-state index contributed by atoms with van der Waals surface area (Å²) in [5.41, 5.74) is 2.97. The van der Waals surface area contributed by atoms with E-state index in [4.69, 9.17) is 35.4 Å². The van der Waals surface area contributed by atoms with Crippen LogP contribution in [0.3, 0.4) is 0 Å². The third kappa shape index (κ3) is 3.21. The Morgan fingerprint density at radius 1 is 0.952 bits per heavy atom. The second-order valence-corrected chi connectivity index (χ2v) is 5.94. The van der Waals surface area contributed by atoms with Gasteiger partial charge in [-0.05, 0) is 47.6 Å². The molecule has 2 aromatic carbocycles. The predicted octanol–water partition coefficient (Wildman–Crippen LogP) is 4.55. The summed E-state index contributed by atoms with van der Waals surface area (Å²) in [4.78, 5) is 0. The Balaban J connectivity index is 1.99. The first-order valence-electron chi connectivity index (χ1n) is 6.43. The highest BCUT2D eigenvalue weighted by Gasteiger charge is 2.20. The number of thiocarbonyl (C=S) groups is 1. The fourth-order valence-electron chi connectivity index (χ4n) is 2.24. The molecule has 0 amide bonds. The summed E-state index contributed by atoms with van der Waals surface area (Å²) >= 11 is 17.5. The molecule has 0 aliphatic carbocycles. The first-order valence-corrected chi connectivity index (χ1v) is 7.59. The van der Waals surface area contributed by atoms with Crippen LogP contribution in [0.1, 0.15) is 17.2 Å². The Kier molecular flexibility index (Phi) is 4.15. The maximum Gasteiger partial charge on any atom is 0.171 e. The molecule has 0 radical (unpaired) electrons. The molecular formula is C16H12Cl2N2S. The highest BCUT2D eigenvalue weighted by molar-refractivity contribution is 7.80. The van der Waals surface area contributed by atoms with Gasteiger partial charge in [-0.25, -0.2) is 0 Å². The van der Waals surface area contributed by atoms with Crippen molar-refractivity contribution in [1.82, 2.24) is 10.6 Å². The van der Waals surface area contributed by atoms with E-state index in [-0.39, 0.29) is 6.04 Å². The first kappa shape index (κ1) is 14.4. The monoisotopic (exact) mass is 334 g/mol. The third-order valence-electron chi connectivity index (χ3n) is 3.26. The summed E-state index contributed by atoms with van der Waals surface area (Å²) in [6.45, 7) is 0. The van der Waals surface area contributed by atoms with Crippen LogP contribution in [0, 0.1) is 0 Å². The largest absolute Gasteiger partial charge is 0.352 e. The van der Waals surface area contributed by atoms with E-state index in [1.165, 1.54) is 0 Å². The second kappa shape index (κ2) is 6.06. The lowest BCUT2D eigenvalue weighted by Crippen LogP contribution is -2.40. The number of nitrogens with one attached hydrogen (secondary N) is 2. The second-order valence-electron chi connectivity index (χ2n) is 4.68. The van der Waals surface area contributed by atoms with Crippen LogP contribution in [-0.2, 0) is 0 Å². The Morgan fingerprint density at radius 2 is 1.67 bits per heavy atom. The number of rotatable bonds is 2. The quantitative estimate of drug-likeness (QED) is 0.787. The zero-order valence-electron chi connectivity index (χ0n) is 10.9. The van der Waals surface area contributed by atoms with Crippen LogP contribution in [0.4, 0.5) is 0 Å². The van der Waals surface area contributed by atoms with Gasteiger partial charge in [0, 0.05) is 15.7 Å². The van der Waals surface area contributed by atoms with Crippen molar-refractivity contribution in [3.8, 4) is 0 Å². The number of hydrogen-bond acceptors (Lipinski definition) is 1. The molecule has 0 bridgehead atoms. The van der Waals surface area contributed by atoms with Gasteiger partial charge in [0.15, 0.2) is 5.11 Å². The maximum atomic E-state index is 6.27. The van der Waals surface area contributed by atoms with E-state index in [1.807, 2.05) is 48.5 Å². The Labute approximate surface area is 138 Å². The molecule has 1 aliphatic heterocycles.